The summed E-state index contributed by atoms with van der Waals surface area (Å²) in [6.07, 6.45) is -1.68. The highest BCUT2D eigenvalue weighted by atomic mass is 32.1. The predicted molar refractivity (Wildman–Crippen MR) is 157 cm³/mol. The molecule has 3 aromatic rings. The number of aromatic amines is 1. The Labute approximate surface area is 243 Å². The largest absolute Gasteiger partial charge is 0.417 e. The van der Waals surface area contributed by atoms with Crippen LogP contribution in [0.1, 0.15) is 41.8 Å². The Morgan fingerprint density at radius 2 is 1.88 bits per heavy atom. The second-order valence-electron chi connectivity index (χ2n) is 10.7. The Morgan fingerprint density at radius 1 is 1.17 bits per heavy atom. The van der Waals surface area contributed by atoms with Crippen molar-refractivity contribution in [2.24, 2.45) is 0 Å². The van der Waals surface area contributed by atoms with Gasteiger partial charge in [0, 0.05) is 61.5 Å². The van der Waals surface area contributed by atoms with E-state index in [1.165, 1.54) is 23.5 Å². The first-order valence-electron chi connectivity index (χ1n) is 13.4. The Hall–Kier alpha value is -3.91. The number of halogens is 4. The van der Waals surface area contributed by atoms with E-state index in [1.54, 1.807) is 5.38 Å². The predicted octanol–water partition coefficient (Wildman–Crippen LogP) is 4.65. The van der Waals surface area contributed by atoms with Crippen LogP contribution in [-0.2, 0) is 6.18 Å². The number of pyridine rings is 1. The second-order valence-corrected chi connectivity index (χ2v) is 11.5. The molecule has 0 aliphatic carbocycles. The lowest BCUT2D eigenvalue weighted by molar-refractivity contribution is -0.138. The molecular formula is C28H31F4N7O2S. The van der Waals surface area contributed by atoms with Crippen molar-refractivity contribution >= 4 is 45.1 Å². The number of hydrogen-bond acceptors (Lipinski definition) is 8. The summed E-state index contributed by atoms with van der Waals surface area (Å²) in [7, 11) is 1.99. The highest BCUT2D eigenvalue weighted by molar-refractivity contribution is 7.14. The molecule has 4 N–H and O–H groups in total. The fourth-order valence-electron chi connectivity index (χ4n) is 5.38. The Bertz CT molecular complexity index is 1570. The zero-order chi connectivity index (χ0) is 30.3. The van der Waals surface area contributed by atoms with Gasteiger partial charge in [0.05, 0.1) is 22.5 Å². The molecule has 2 atom stereocenters. The average Bonchev–Trinajstić information content (AvgIpc) is 3.38. The maximum Gasteiger partial charge on any atom is 0.417 e. The van der Waals surface area contributed by atoms with Crippen LogP contribution in [0.25, 0.3) is 5.57 Å². The van der Waals surface area contributed by atoms with Gasteiger partial charge in [-0.25, -0.2) is 9.37 Å². The summed E-state index contributed by atoms with van der Waals surface area (Å²) in [5, 5.41) is 5.02. The number of thiazole rings is 1. The summed E-state index contributed by atoms with van der Waals surface area (Å²) in [4.78, 5) is 37.5. The van der Waals surface area contributed by atoms with Gasteiger partial charge >= 0.3 is 6.18 Å². The van der Waals surface area contributed by atoms with Crippen LogP contribution in [0.2, 0.25) is 0 Å². The van der Waals surface area contributed by atoms with Crippen LogP contribution < -0.4 is 26.4 Å². The smallest absolute Gasteiger partial charge is 0.383 e. The first-order chi connectivity index (χ1) is 19.8. The lowest BCUT2D eigenvalue weighted by Gasteiger charge is -2.44. The van der Waals surface area contributed by atoms with E-state index >= 15 is 4.39 Å². The molecule has 1 amide bonds. The van der Waals surface area contributed by atoms with Crippen molar-refractivity contribution in [3.8, 4) is 0 Å². The van der Waals surface area contributed by atoms with Gasteiger partial charge in [0.25, 0.3) is 5.91 Å². The number of anilines is 4. The summed E-state index contributed by atoms with van der Waals surface area (Å²) < 4.78 is 57.1. The summed E-state index contributed by atoms with van der Waals surface area (Å²) in [6.45, 7) is 6.05. The van der Waals surface area contributed by atoms with E-state index in [9.17, 15) is 22.8 Å². The van der Waals surface area contributed by atoms with E-state index in [2.05, 4.69) is 20.2 Å². The van der Waals surface area contributed by atoms with Gasteiger partial charge in [-0.05, 0) is 45.0 Å². The number of H-pyrrole nitrogens is 1. The van der Waals surface area contributed by atoms with E-state index in [0.29, 0.717) is 60.9 Å². The van der Waals surface area contributed by atoms with Gasteiger partial charge in [0.15, 0.2) is 5.13 Å². The minimum Gasteiger partial charge on any atom is -0.383 e. The first kappa shape index (κ1) is 29.6. The van der Waals surface area contributed by atoms with E-state index in [0.717, 1.165) is 6.20 Å². The molecule has 5 rings (SSSR count). The van der Waals surface area contributed by atoms with Gasteiger partial charge in [-0.1, -0.05) is 6.08 Å². The molecule has 1 aromatic carbocycles. The van der Waals surface area contributed by atoms with Crippen molar-refractivity contribution in [2.75, 3.05) is 54.1 Å². The molecular weight excluding hydrogens is 574 g/mol. The number of benzene rings is 1. The molecule has 0 unspecified atom stereocenters. The molecule has 0 bridgehead atoms. The second kappa shape index (κ2) is 11.4. The minimum atomic E-state index is -4.93. The van der Waals surface area contributed by atoms with E-state index < -0.39 is 34.6 Å². The van der Waals surface area contributed by atoms with Crippen LogP contribution in [-0.4, -0.2) is 66.1 Å². The molecule has 0 radical (unpaired) electrons. The number of likely N-dealkylation sites (N-methyl/N-ethyl adjacent to an activating group) is 1. The molecule has 9 nitrogen and oxygen atoms in total. The highest BCUT2D eigenvalue weighted by Crippen LogP contribution is 2.37. The van der Waals surface area contributed by atoms with E-state index in [-0.39, 0.29) is 23.3 Å². The van der Waals surface area contributed by atoms with Gasteiger partial charge < -0.3 is 25.8 Å². The molecule has 224 valence electrons. The van der Waals surface area contributed by atoms with Crippen molar-refractivity contribution in [3.63, 3.8) is 0 Å². The number of rotatable bonds is 5. The van der Waals surface area contributed by atoms with Crippen molar-refractivity contribution < 1.29 is 22.4 Å². The molecule has 2 aliphatic rings. The number of nitrogen functional groups attached to an aromatic ring is 1. The number of nitrogens with zero attached hydrogens (tertiary/aromatic N) is 4. The van der Waals surface area contributed by atoms with Gasteiger partial charge in [-0.15, -0.1) is 11.3 Å². The van der Waals surface area contributed by atoms with Crippen LogP contribution in [0.4, 0.5) is 39.9 Å². The molecule has 1 fully saturated rings. The van der Waals surface area contributed by atoms with Crippen LogP contribution >= 0.6 is 11.3 Å². The number of nitrogens with one attached hydrogen (secondary N) is 2. The van der Waals surface area contributed by atoms with E-state index in [4.69, 9.17) is 5.73 Å². The van der Waals surface area contributed by atoms with Crippen molar-refractivity contribution in [1.29, 1.82) is 0 Å². The van der Waals surface area contributed by atoms with Crippen LogP contribution in [0.3, 0.4) is 0 Å². The molecule has 0 saturated carbocycles. The number of carbonyl (C=O) groups excluding carboxylic acids is 1. The van der Waals surface area contributed by atoms with Crippen LogP contribution in [0.15, 0.2) is 40.6 Å². The fourth-order valence-corrected chi connectivity index (χ4v) is 6.12. The summed E-state index contributed by atoms with van der Waals surface area (Å²) in [6, 6.07) is 3.34. The normalized spacial score (nSPS) is 20.0. The van der Waals surface area contributed by atoms with Crippen LogP contribution in [0, 0.1) is 5.82 Å². The summed E-state index contributed by atoms with van der Waals surface area (Å²) in [5.41, 5.74) is 4.09. The Morgan fingerprint density at radius 3 is 2.52 bits per heavy atom. The molecule has 0 spiro atoms. The lowest BCUT2D eigenvalue weighted by atomic mass is 9.98. The Kier molecular flexibility index (Phi) is 8.03. The number of aromatic nitrogens is 2. The van der Waals surface area contributed by atoms with Crippen molar-refractivity contribution in [3.05, 3.63) is 68.7 Å². The molecule has 4 heterocycles. The maximum absolute atomic E-state index is 15.9. The monoisotopic (exact) mass is 605 g/mol. The zero-order valence-electron chi connectivity index (χ0n) is 23.3. The number of piperazine rings is 1. The standard InChI is InChI=1S/C28H31F4N7O2S/c1-15-11-39(12-16(2)37(15)3)23-9-21(29)18(17-5-4-6-38(13-17)27-36-24(33)14-42-27)7-22(23)35-26(41)19-10-34-25(40)8-20(19)28(30,31)32/h5,7-10,14-16H,4,6,11-13,33H2,1-3H3,(H,34,40)(H,35,41)/t15-,16+. The third-order valence-corrected chi connectivity index (χ3v) is 8.71. The lowest BCUT2D eigenvalue weighted by Crippen LogP contribution is -2.55. The number of hydrogen-bond donors (Lipinski definition) is 3. The number of carbonyl (C=O) groups is 1. The van der Waals surface area contributed by atoms with Gasteiger partial charge in [-0.3, -0.25) is 14.5 Å². The maximum atomic E-state index is 15.9. The summed E-state index contributed by atoms with van der Waals surface area (Å²) >= 11 is 1.38. The summed E-state index contributed by atoms with van der Waals surface area (Å²) in [5.74, 6) is -1.21. The number of amides is 1. The quantitative estimate of drug-likeness (QED) is 0.364. The minimum absolute atomic E-state index is 0.0939. The fraction of sp³-hybridized carbons (Fsp3) is 0.393. The Balaban J connectivity index is 1.55. The number of nitrogens with two attached hydrogens (primary N) is 1. The van der Waals surface area contributed by atoms with E-state index in [1.807, 2.05) is 36.8 Å². The van der Waals surface area contributed by atoms with Crippen molar-refractivity contribution in [1.82, 2.24) is 14.9 Å². The highest BCUT2D eigenvalue weighted by Gasteiger charge is 2.36. The SMILES string of the molecule is C[C@@H]1CN(c2cc(F)c(C3=CCCN(c4nc(N)cs4)C3)cc2NC(=O)c2c[nH]c(=O)cc2C(F)(F)F)C[C@H](C)N1C. The first-order valence-corrected chi connectivity index (χ1v) is 14.3. The van der Waals surface area contributed by atoms with Gasteiger partial charge in [-0.2, -0.15) is 13.2 Å². The van der Waals surface area contributed by atoms with Gasteiger partial charge in [0.2, 0.25) is 5.56 Å². The average molecular weight is 606 g/mol. The van der Waals surface area contributed by atoms with Crippen molar-refractivity contribution in [2.45, 2.75) is 38.5 Å². The number of alkyl halides is 3. The third kappa shape index (κ3) is 6.00. The molecule has 2 aliphatic heterocycles. The third-order valence-electron chi connectivity index (χ3n) is 7.79. The molecule has 2 aromatic heterocycles. The van der Waals surface area contributed by atoms with Crippen LogP contribution in [0.5, 0.6) is 0 Å². The molecule has 1 saturated heterocycles. The zero-order valence-corrected chi connectivity index (χ0v) is 24.1. The topological polar surface area (TPSA) is 111 Å². The molecule has 14 heteroatoms. The molecule has 42 heavy (non-hydrogen) atoms. The van der Waals surface area contributed by atoms with Gasteiger partial charge in [0.1, 0.15) is 11.6 Å².